The van der Waals surface area contributed by atoms with Gasteiger partial charge in [-0.05, 0) is 31.5 Å². The molecule has 26 heavy (non-hydrogen) atoms. The van der Waals surface area contributed by atoms with Crippen LogP contribution in [0.1, 0.15) is 28.1 Å². The minimum Gasteiger partial charge on any atom is -0.633 e. The zero-order valence-electron chi connectivity index (χ0n) is 15.7. The molecule has 5 heteroatoms. The van der Waals surface area contributed by atoms with Crippen LogP contribution in [0.25, 0.3) is 10.9 Å². The quantitative estimate of drug-likeness (QED) is 0.413. The number of benzene rings is 1. The van der Waals surface area contributed by atoms with Crippen molar-refractivity contribution in [2.45, 2.75) is 39.8 Å². The Balaban J connectivity index is 1.74. The molecule has 1 aliphatic rings. The van der Waals surface area contributed by atoms with Crippen LogP contribution in [0.3, 0.4) is 0 Å². The third-order valence-electron chi connectivity index (χ3n) is 5.55. The van der Waals surface area contributed by atoms with Gasteiger partial charge in [-0.3, -0.25) is 0 Å². The highest BCUT2D eigenvalue weighted by atomic mass is 16.5. The van der Waals surface area contributed by atoms with Gasteiger partial charge < -0.3 is 19.6 Å². The average Bonchev–Trinajstić information content (AvgIpc) is 2.87. The van der Waals surface area contributed by atoms with Gasteiger partial charge in [0, 0.05) is 53.7 Å². The van der Waals surface area contributed by atoms with Crippen LogP contribution in [-0.2, 0) is 25.9 Å². The van der Waals surface area contributed by atoms with Crippen molar-refractivity contribution in [3.05, 3.63) is 75.0 Å². The highest BCUT2D eigenvalue weighted by Crippen LogP contribution is 2.33. The fourth-order valence-corrected chi connectivity index (χ4v) is 4.05. The van der Waals surface area contributed by atoms with E-state index in [2.05, 4.69) is 29.7 Å². The molecule has 1 aromatic carbocycles. The molecule has 0 amide bonds. The molecule has 0 N–H and O–H groups in total. The van der Waals surface area contributed by atoms with Crippen LogP contribution in [0.15, 0.2) is 36.5 Å². The molecule has 0 saturated heterocycles. The topological polar surface area (TPSA) is 54.9 Å². The minimum absolute atomic E-state index is 0.200. The largest absolute Gasteiger partial charge is 0.633 e. The Kier molecular flexibility index (Phi) is 4.01. The summed E-state index contributed by atoms with van der Waals surface area (Å²) in [6, 6.07) is 10.4. The molecule has 1 aliphatic heterocycles. The van der Waals surface area contributed by atoms with Gasteiger partial charge in [0.05, 0.1) is 13.6 Å². The molecule has 0 bridgehead atoms. The fourth-order valence-electron chi connectivity index (χ4n) is 4.05. The minimum atomic E-state index is -0.200. The summed E-state index contributed by atoms with van der Waals surface area (Å²) >= 11 is 0. The van der Waals surface area contributed by atoms with Crippen molar-refractivity contribution in [2.75, 3.05) is 13.6 Å². The van der Waals surface area contributed by atoms with E-state index < -0.39 is 0 Å². The Morgan fingerprint density at radius 2 is 2.00 bits per heavy atom. The molecule has 0 spiro atoms. The molecule has 4 rings (SSSR count). The third-order valence-corrected chi connectivity index (χ3v) is 5.55. The number of quaternary nitrogens is 1. The number of nitrogens with zero attached hydrogens (tertiary/aromatic N) is 3. The normalized spacial score (nSPS) is 19.7. The lowest BCUT2D eigenvalue weighted by atomic mass is 10.0. The molecule has 0 radical (unpaired) electrons. The molecule has 136 valence electrons. The average molecular weight is 351 g/mol. The van der Waals surface area contributed by atoms with Gasteiger partial charge in [-0.15, -0.1) is 0 Å². The van der Waals surface area contributed by atoms with E-state index in [4.69, 9.17) is 0 Å². The van der Waals surface area contributed by atoms with Gasteiger partial charge in [0.1, 0.15) is 6.54 Å². The lowest BCUT2D eigenvalue weighted by Gasteiger charge is -2.41. The summed E-state index contributed by atoms with van der Waals surface area (Å²) in [5, 5.41) is 25.6. The molecular weight excluding hydrogens is 326 g/mol. The van der Waals surface area contributed by atoms with E-state index in [1.807, 2.05) is 19.1 Å². The molecule has 3 heterocycles. The number of hydroxylamine groups is 3. The van der Waals surface area contributed by atoms with Crippen LogP contribution in [0.4, 0.5) is 0 Å². The highest BCUT2D eigenvalue weighted by Gasteiger charge is 2.27. The van der Waals surface area contributed by atoms with Gasteiger partial charge >= 0.3 is 0 Å². The van der Waals surface area contributed by atoms with Gasteiger partial charge in [-0.1, -0.05) is 11.6 Å². The number of pyridine rings is 1. The Bertz CT molecular complexity index is 989. The number of hydrogen-bond donors (Lipinski definition) is 0. The van der Waals surface area contributed by atoms with E-state index in [1.54, 1.807) is 13.2 Å². The van der Waals surface area contributed by atoms with Crippen LogP contribution >= 0.6 is 0 Å². The van der Waals surface area contributed by atoms with Crippen LogP contribution in [0.5, 0.6) is 0 Å². The number of aryl methyl sites for hydroxylation is 4. The summed E-state index contributed by atoms with van der Waals surface area (Å²) < 4.78 is 3.09. The van der Waals surface area contributed by atoms with Crippen molar-refractivity contribution in [2.24, 2.45) is 0 Å². The number of aromatic nitrogens is 2. The van der Waals surface area contributed by atoms with Crippen molar-refractivity contribution < 1.29 is 9.38 Å². The maximum Gasteiger partial charge on any atom is 0.189 e. The second-order valence-electron chi connectivity index (χ2n) is 7.78. The summed E-state index contributed by atoms with van der Waals surface area (Å²) in [5.74, 6) is 0. The molecule has 0 saturated carbocycles. The molecular formula is C21H25N3O2. The Labute approximate surface area is 153 Å². The number of hydrogen-bond acceptors (Lipinski definition) is 2. The second-order valence-corrected chi connectivity index (χ2v) is 7.78. The van der Waals surface area contributed by atoms with Gasteiger partial charge in [0.2, 0.25) is 0 Å². The first-order chi connectivity index (χ1) is 12.3. The lowest BCUT2D eigenvalue weighted by molar-refractivity contribution is -0.876. The Morgan fingerprint density at radius 3 is 2.77 bits per heavy atom. The number of likely N-dealkylation sites (N-methyl/N-ethyl adjacent to an activating group) is 1. The van der Waals surface area contributed by atoms with Crippen molar-refractivity contribution in [3.63, 3.8) is 0 Å². The first-order valence-electron chi connectivity index (χ1n) is 9.19. The summed E-state index contributed by atoms with van der Waals surface area (Å²) in [4.78, 5) is 0. The van der Waals surface area contributed by atoms with Crippen molar-refractivity contribution in [3.8, 4) is 0 Å². The third kappa shape index (κ3) is 2.97. The molecule has 0 fully saturated rings. The summed E-state index contributed by atoms with van der Waals surface area (Å²) in [7, 11) is 1.77. The lowest BCUT2D eigenvalue weighted by Crippen LogP contribution is -2.42. The van der Waals surface area contributed by atoms with Gasteiger partial charge in [-0.25, -0.2) is 0 Å². The molecule has 3 aromatic rings. The van der Waals surface area contributed by atoms with E-state index in [0.29, 0.717) is 18.8 Å². The summed E-state index contributed by atoms with van der Waals surface area (Å²) in [6.07, 6.45) is 3.28. The molecule has 5 nitrogen and oxygen atoms in total. The first kappa shape index (κ1) is 17.1. The maximum atomic E-state index is 12.6. The first-order valence-corrected chi connectivity index (χ1v) is 9.19. The van der Waals surface area contributed by atoms with E-state index in [9.17, 15) is 10.4 Å². The predicted octanol–water partition coefficient (Wildman–Crippen LogP) is 3.13. The summed E-state index contributed by atoms with van der Waals surface area (Å²) in [5.41, 5.74) is 6.65. The number of rotatable bonds is 3. The zero-order valence-corrected chi connectivity index (χ0v) is 15.7. The van der Waals surface area contributed by atoms with Crippen molar-refractivity contribution in [1.29, 1.82) is 0 Å². The van der Waals surface area contributed by atoms with E-state index in [-0.39, 0.29) is 4.65 Å². The van der Waals surface area contributed by atoms with Gasteiger partial charge in [0.15, 0.2) is 11.9 Å². The molecule has 1 unspecified atom stereocenters. The fraction of sp³-hybridized carbons (Fsp3) is 0.381. The van der Waals surface area contributed by atoms with Gasteiger partial charge in [0.25, 0.3) is 0 Å². The van der Waals surface area contributed by atoms with E-state index in [1.165, 1.54) is 27.7 Å². The van der Waals surface area contributed by atoms with E-state index in [0.717, 1.165) is 29.7 Å². The second kappa shape index (κ2) is 6.11. The zero-order chi connectivity index (χ0) is 18.5. The van der Waals surface area contributed by atoms with Crippen LogP contribution in [0.2, 0.25) is 0 Å². The van der Waals surface area contributed by atoms with Gasteiger partial charge in [-0.2, -0.15) is 4.73 Å². The number of fused-ring (bicyclic) bond motifs is 3. The van der Waals surface area contributed by atoms with Crippen LogP contribution in [0, 0.1) is 24.3 Å². The SMILES string of the molecule is Cc1ccc2c(c1)c1c(n2CCc2ccc(C)[n+]([O-])c2)CC[N+](C)([O-])C1. The van der Waals surface area contributed by atoms with Crippen LogP contribution in [-0.4, -0.2) is 22.8 Å². The van der Waals surface area contributed by atoms with Crippen molar-refractivity contribution in [1.82, 2.24) is 4.57 Å². The Morgan fingerprint density at radius 1 is 1.19 bits per heavy atom. The molecule has 2 aromatic heterocycles. The smallest absolute Gasteiger partial charge is 0.189 e. The van der Waals surface area contributed by atoms with Crippen molar-refractivity contribution >= 4 is 10.9 Å². The monoisotopic (exact) mass is 351 g/mol. The molecule has 1 atom stereocenters. The van der Waals surface area contributed by atoms with E-state index >= 15 is 0 Å². The summed E-state index contributed by atoms with van der Waals surface area (Å²) in [6.45, 7) is 5.88. The molecule has 0 aliphatic carbocycles. The van der Waals surface area contributed by atoms with Crippen LogP contribution < -0.4 is 4.73 Å². The standard InChI is InChI=1S/C21H25N3O2/c1-15-4-7-20-18(12-15)19-14-24(3,26)11-9-21(19)22(20)10-8-17-6-5-16(2)23(25)13-17/h4-7,12-13H,8-11,14H2,1-3H3. The predicted molar refractivity (Wildman–Crippen MR) is 102 cm³/mol. The Hall–Kier alpha value is -2.37. The maximum absolute atomic E-state index is 12.6. The highest BCUT2D eigenvalue weighted by molar-refractivity contribution is 5.86.